The number of halogens is 4. The highest BCUT2D eigenvalue weighted by atomic mass is 35.5. The molecule has 0 bridgehead atoms. The second-order valence-corrected chi connectivity index (χ2v) is 6.58. The summed E-state index contributed by atoms with van der Waals surface area (Å²) >= 11 is 5.81. The van der Waals surface area contributed by atoms with Crippen molar-refractivity contribution in [2.24, 2.45) is 0 Å². The molecule has 0 aliphatic rings. The van der Waals surface area contributed by atoms with Crippen LogP contribution in [0.2, 0.25) is 5.02 Å². The summed E-state index contributed by atoms with van der Waals surface area (Å²) in [4.78, 5) is -0.486. The van der Waals surface area contributed by atoms with Crippen molar-refractivity contribution in [1.82, 2.24) is 0 Å². The Hall–Kier alpha value is -1.73. The minimum atomic E-state index is -4.29. The molecule has 3 nitrogen and oxygen atoms in total. The van der Waals surface area contributed by atoms with E-state index in [4.69, 9.17) is 11.6 Å². The van der Waals surface area contributed by atoms with Crippen LogP contribution in [0.15, 0.2) is 41.3 Å². The maximum absolute atomic E-state index is 13.9. The Labute approximate surface area is 131 Å². The zero-order valence-corrected chi connectivity index (χ0v) is 12.9. The third-order valence-corrected chi connectivity index (χ3v) is 5.30. The van der Waals surface area contributed by atoms with E-state index in [1.54, 1.807) is 0 Å². The first-order chi connectivity index (χ1) is 10.3. The summed E-state index contributed by atoms with van der Waals surface area (Å²) in [6.07, 6.45) is 0. The molecule has 0 saturated carbocycles. The van der Waals surface area contributed by atoms with Crippen LogP contribution in [0.5, 0.6) is 0 Å². The first-order valence-corrected chi connectivity index (χ1v) is 8.02. The van der Waals surface area contributed by atoms with Crippen molar-refractivity contribution in [3.63, 3.8) is 0 Å². The molecule has 0 radical (unpaired) electrons. The maximum Gasteiger partial charge on any atom is 0.265 e. The van der Waals surface area contributed by atoms with Gasteiger partial charge >= 0.3 is 0 Å². The highest BCUT2D eigenvalue weighted by molar-refractivity contribution is 7.93. The standard InChI is InChI=1S/C14H11ClF3NO2S/c1-2-19(13-6-4-9(16)7-12(13)18)22(20,21)14-8-10(17)3-5-11(14)15/h3-8H,2H2,1H3. The van der Waals surface area contributed by atoms with Gasteiger partial charge in [0.2, 0.25) is 0 Å². The number of anilines is 1. The van der Waals surface area contributed by atoms with Gasteiger partial charge in [0.1, 0.15) is 22.3 Å². The van der Waals surface area contributed by atoms with Crippen LogP contribution in [0.4, 0.5) is 18.9 Å². The Morgan fingerprint density at radius 2 is 1.64 bits per heavy atom. The van der Waals surface area contributed by atoms with Crippen molar-refractivity contribution in [2.75, 3.05) is 10.8 Å². The molecule has 118 valence electrons. The zero-order chi connectivity index (χ0) is 16.5. The molecule has 0 aliphatic carbocycles. The van der Waals surface area contributed by atoms with Gasteiger partial charge < -0.3 is 0 Å². The molecule has 0 atom stereocenters. The van der Waals surface area contributed by atoms with Crippen LogP contribution in [0, 0.1) is 17.5 Å². The van der Waals surface area contributed by atoms with Crippen LogP contribution in [0.3, 0.4) is 0 Å². The number of rotatable bonds is 4. The van der Waals surface area contributed by atoms with E-state index in [1.165, 1.54) is 6.92 Å². The number of hydrogen-bond donors (Lipinski definition) is 0. The zero-order valence-electron chi connectivity index (χ0n) is 11.4. The van der Waals surface area contributed by atoms with Gasteiger partial charge in [-0.2, -0.15) is 0 Å². The van der Waals surface area contributed by atoms with Gasteiger partial charge in [0.25, 0.3) is 10.0 Å². The first-order valence-electron chi connectivity index (χ1n) is 6.20. The van der Waals surface area contributed by atoms with E-state index in [1.807, 2.05) is 0 Å². The number of benzene rings is 2. The lowest BCUT2D eigenvalue weighted by molar-refractivity contribution is 0.573. The van der Waals surface area contributed by atoms with Gasteiger partial charge in [-0.1, -0.05) is 11.6 Å². The van der Waals surface area contributed by atoms with E-state index >= 15 is 0 Å². The topological polar surface area (TPSA) is 37.4 Å². The van der Waals surface area contributed by atoms with Gasteiger partial charge in [-0.3, -0.25) is 4.31 Å². The van der Waals surface area contributed by atoms with Crippen molar-refractivity contribution in [2.45, 2.75) is 11.8 Å². The SMILES string of the molecule is CCN(c1ccc(F)cc1F)S(=O)(=O)c1cc(F)ccc1Cl. The van der Waals surface area contributed by atoms with E-state index in [-0.39, 0.29) is 17.3 Å². The van der Waals surface area contributed by atoms with Crippen LogP contribution in [-0.2, 0) is 10.0 Å². The van der Waals surface area contributed by atoms with Crippen LogP contribution in [-0.4, -0.2) is 15.0 Å². The molecule has 0 heterocycles. The monoisotopic (exact) mass is 349 g/mol. The molecule has 0 aliphatic heterocycles. The predicted molar refractivity (Wildman–Crippen MR) is 78.0 cm³/mol. The Morgan fingerprint density at radius 3 is 2.23 bits per heavy atom. The highest BCUT2D eigenvalue weighted by Gasteiger charge is 2.28. The Kier molecular flexibility index (Phi) is 4.67. The number of sulfonamides is 1. The number of hydrogen-bond acceptors (Lipinski definition) is 2. The summed E-state index contributed by atoms with van der Waals surface area (Å²) < 4.78 is 66.0. The van der Waals surface area contributed by atoms with Crippen molar-refractivity contribution >= 4 is 27.3 Å². The summed E-state index contributed by atoms with van der Waals surface area (Å²) in [6, 6.07) is 5.36. The van der Waals surface area contributed by atoms with Gasteiger partial charge in [0.05, 0.1) is 10.7 Å². The van der Waals surface area contributed by atoms with Crippen LogP contribution < -0.4 is 4.31 Å². The van der Waals surface area contributed by atoms with Gasteiger partial charge in [-0.25, -0.2) is 21.6 Å². The maximum atomic E-state index is 13.9. The van der Waals surface area contributed by atoms with E-state index < -0.39 is 32.4 Å². The van der Waals surface area contributed by atoms with E-state index in [9.17, 15) is 21.6 Å². The highest BCUT2D eigenvalue weighted by Crippen LogP contribution is 2.30. The van der Waals surface area contributed by atoms with Crippen LogP contribution in [0.1, 0.15) is 6.92 Å². The van der Waals surface area contributed by atoms with Crippen molar-refractivity contribution in [1.29, 1.82) is 0 Å². The van der Waals surface area contributed by atoms with Crippen molar-refractivity contribution in [3.8, 4) is 0 Å². The largest absolute Gasteiger partial charge is 0.265 e. The van der Waals surface area contributed by atoms with Gasteiger partial charge in [-0.15, -0.1) is 0 Å². The predicted octanol–water partition coefficient (Wildman–Crippen LogP) is 3.97. The van der Waals surface area contributed by atoms with Crippen molar-refractivity contribution in [3.05, 3.63) is 58.9 Å². The second kappa shape index (κ2) is 6.18. The van der Waals surface area contributed by atoms with E-state index in [0.717, 1.165) is 30.3 Å². The van der Waals surface area contributed by atoms with Crippen LogP contribution in [0.25, 0.3) is 0 Å². The third-order valence-electron chi connectivity index (χ3n) is 2.93. The molecule has 0 unspecified atom stereocenters. The fourth-order valence-electron chi connectivity index (χ4n) is 1.95. The molecular formula is C14H11ClF3NO2S. The Bertz CT molecular complexity index is 812. The molecule has 2 aromatic rings. The van der Waals surface area contributed by atoms with Crippen molar-refractivity contribution < 1.29 is 21.6 Å². The van der Waals surface area contributed by atoms with Crippen LogP contribution >= 0.6 is 11.6 Å². The average molecular weight is 350 g/mol. The first kappa shape index (κ1) is 16.6. The summed E-state index contributed by atoms with van der Waals surface area (Å²) in [5, 5.41) is -0.192. The molecule has 0 fully saturated rings. The smallest absolute Gasteiger partial charge is 0.264 e. The number of nitrogens with zero attached hydrogens (tertiary/aromatic N) is 1. The summed E-state index contributed by atoms with van der Waals surface area (Å²) in [7, 11) is -4.29. The van der Waals surface area contributed by atoms with Gasteiger partial charge in [0.15, 0.2) is 0 Å². The normalized spacial score (nSPS) is 11.5. The molecule has 0 N–H and O–H groups in total. The molecule has 0 spiro atoms. The summed E-state index contributed by atoms with van der Waals surface area (Å²) in [5.41, 5.74) is -0.343. The minimum Gasteiger partial charge on any atom is -0.264 e. The second-order valence-electron chi connectivity index (χ2n) is 4.34. The lowest BCUT2D eigenvalue weighted by Gasteiger charge is -2.23. The Morgan fingerprint density at radius 1 is 1.05 bits per heavy atom. The Balaban J connectivity index is 2.61. The van der Waals surface area contributed by atoms with E-state index in [2.05, 4.69) is 0 Å². The molecule has 0 saturated heterocycles. The lowest BCUT2D eigenvalue weighted by Crippen LogP contribution is -2.31. The van der Waals surface area contributed by atoms with Gasteiger partial charge in [-0.05, 0) is 37.3 Å². The van der Waals surface area contributed by atoms with Gasteiger partial charge in [0, 0.05) is 12.6 Å². The summed E-state index contributed by atoms with van der Waals surface area (Å²) in [5.74, 6) is -2.67. The molecule has 8 heteroatoms. The molecule has 2 rings (SSSR count). The fraction of sp³-hybridized carbons (Fsp3) is 0.143. The molecule has 0 amide bonds. The minimum absolute atomic E-state index is 0.141. The molecule has 22 heavy (non-hydrogen) atoms. The quantitative estimate of drug-likeness (QED) is 0.837. The molecule has 0 aromatic heterocycles. The third kappa shape index (κ3) is 3.05. The average Bonchev–Trinajstić information content (AvgIpc) is 2.44. The lowest BCUT2D eigenvalue weighted by atomic mass is 10.3. The molecule has 2 aromatic carbocycles. The fourth-order valence-corrected chi connectivity index (χ4v) is 3.92. The molecular weight excluding hydrogens is 339 g/mol. The summed E-state index contributed by atoms with van der Waals surface area (Å²) in [6.45, 7) is 1.32. The van der Waals surface area contributed by atoms with E-state index in [0.29, 0.717) is 10.4 Å².